The topological polar surface area (TPSA) is 61.9 Å². The minimum atomic E-state index is -4.53. The van der Waals surface area contributed by atoms with E-state index in [1.165, 1.54) is 12.1 Å². The summed E-state index contributed by atoms with van der Waals surface area (Å²) in [6.07, 6.45) is -3.32. The second-order valence-corrected chi connectivity index (χ2v) is 9.79. The number of amides is 2. The van der Waals surface area contributed by atoms with Crippen LogP contribution in [0.5, 0.6) is 0 Å². The lowest BCUT2D eigenvalue weighted by Gasteiger charge is -2.34. The van der Waals surface area contributed by atoms with Gasteiger partial charge < -0.3 is 15.0 Å². The van der Waals surface area contributed by atoms with Crippen LogP contribution in [-0.4, -0.2) is 72.1 Å². The van der Waals surface area contributed by atoms with Gasteiger partial charge >= 0.3 is 6.18 Å². The third-order valence-corrected chi connectivity index (χ3v) is 7.76. The van der Waals surface area contributed by atoms with Crippen LogP contribution in [0, 0.1) is 11.8 Å². The summed E-state index contributed by atoms with van der Waals surface area (Å²) in [5.74, 6) is -0.0670. The summed E-state index contributed by atoms with van der Waals surface area (Å²) in [7, 11) is 1.69. The molecule has 6 nitrogen and oxygen atoms in total. The quantitative estimate of drug-likeness (QED) is 0.723. The molecule has 0 radical (unpaired) electrons. The Kier molecular flexibility index (Phi) is 6.48. The van der Waals surface area contributed by atoms with E-state index in [2.05, 4.69) is 31.0 Å². The van der Waals surface area contributed by atoms with Crippen LogP contribution in [0.3, 0.4) is 0 Å². The van der Waals surface area contributed by atoms with Crippen LogP contribution < -0.4 is 5.32 Å². The largest absolute Gasteiger partial charge is 0.416 e. The normalized spacial score (nSPS) is 32.6. The van der Waals surface area contributed by atoms with Crippen molar-refractivity contribution >= 4 is 11.8 Å². The van der Waals surface area contributed by atoms with Crippen LogP contribution in [0.2, 0.25) is 0 Å². The molecule has 3 aliphatic rings. The van der Waals surface area contributed by atoms with Gasteiger partial charge in [0.1, 0.15) is 6.04 Å². The summed E-state index contributed by atoms with van der Waals surface area (Å²) in [5.41, 5.74) is -0.997. The van der Waals surface area contributed by atoms with E-state index in [-0.39, 0.29) is 23.6 Å². The molecule has 2 saturated heterocycles. The summed E-state index contributed by atoms with van der Waals surface area (Å²) in [6, 6.07) is 4.32. The first-order chi connectivity index (χ1) is 15.5. The number of benzene rings is 1. The molecule has 182 valence electrons. The van der Waals surface area contributed by atoms with Gasteiger partial charge in [0.05, 0.1) is 17.7 Å². The maximum absolute atomic E-state index is 13.2. The minimum Gasteiger partial charge on any atom is -0.379 e. The zero-order valence-electron chi connectivity index (χ0n) is 19.4. The van der Waals surface area contributed by atoms with Crippen molar-refractivity contribution in [2.45, 2.75) is 70.1 Å². The highest BCUT2D eigenvalue weighted by atomic mass is 19.4. The number of rotatable bonds is 5. The Bertz CT molecular complexity index is 906. The molecule has 0 spiro atoms. The molecule has 6 atom stereocenters. The highest BCUT2D eigenvalue weighted by Gasteiger charge is 2.55. The number of fused-ring (bicyclic) bond motifs is 1. The average molecular weight is 468 g/mol. The molecule has 33 heavy (non-hydrogen) atoms. The molecule has 1 aromatic carbocycles. The molecule has 6 unspecified atom stereocenters. The number of ether oxygens (including phenoxy) is 1. The number of methoxy groups -OCH3 is 1. The van der Waals surface area contributed by atoms with E-state index in [0.717, 1.165) is 25.1 Å². The summed E-state index contributed by atoms with van der Waals surface area (Å²) in [5, 5.41) is 2.64. The number of hydrogen-bond acceptors (Lipinski definition) is 4. The summed E-state index contributed by atoms with van der Waals surface area (Å²) in [6.45, 7) is 8.07. The molecule has 1 saturated carbocycles. The van der Waals surface area contributed by atoms with E-state index in [1.54, 1.807) is 7.11 Å². The Balaban J connectivity index is 1.43. The first kappa shape index (κ1) is 24.0. The first-order valence-electron chi connectivity index (χ1n) is 11.6. The number of alkyl halides is 3. The number of halogens is 3. The summed E-state index contributed by atoms with van der Waals surface area (Å²) >= 11 is 0. The molecule has 0 aromatic heterocycles. The molecule has 9 heteroatoms. The molecule has 4 rings (SSSR count). The van der Waals surface area contributed by atoms with E-state index in [1.807, 2.05) is 4.90 Å². The molecule has 1 N–H and O–H groups in total. The van der Waals surface area contributed by atoms with E-state index < -0.39 is 23.7 Å². The lowest BCUT2D eigenvalue weighted by Crippen LogP contribution is -2.49. The molecule has 2 amide bonds. The Morgan fingerprint density at radius 3 is 2.61 bits per heavy atom. The van der Waals surface area contributed by atoms with Gasteiger partial charge in [0.15, 0.2) is 0 Å². The number of nitrogens with zero attached hydrogens (tertiary/aromatic N) is 2. The van der Waals surface area contributed by atoms with Crippen molar-refractivity contribution in [2.24, 2.45) is 11.8 Å². The first-order valence-corrected chi connectivity index (χ1v) is 11.6. The van der Waals surface area contributed by atoms with Crippen molar-refractivity contribution in [1.82, 2.24) is 15.1 Å². The van der Waals surface area contributed by atoms with Gasteiger partial charge in [0, 0.05) is 43.8 Å². The van der Waals surface area contributed by atoms with Crippen LogP contribution in [0.4, 0.5) is 13.2 Å². The van der Waals surface area contributed by atoms with E-state index >= 15 is 0 Å². The maximum Gasteiger partial charge on any atom is 0.416 e. The maximum atomic E-state index is 13.2. The standard InChI is InChI=1S/C24H32F3N3O3/c1-13(2)30-12-18-17(14(30)3)11-20(21(18)33-4)29-9-8-19(23(29)32)28-22(31)15-6-5-7-16(10-15)24(25,26)27/h5-7,10,13-14,17-21H,8-9,11-12H2,1-4H3,(H,28,31). The minimum absolute atomic E-state index is 0.0512. The highest BCUT2D eigenvalue weighted by molar-refractivity contribution is 5.98. The molecule has 1 aromatic rings. The van der Waals surface area contributed by atoms with Gasteiger partial charge in [-0.15, -0.1) is 0 Å². The van der Waals surface area contributed by atoms with Crippen LogP contribution >= 0.6 is 0 Å². The second-order valence-electron chi connectivity index (χ2n) is 9.79. The molecule has 3 fully saturated rings. The predicted molar refractivity (Wildman–Crippen MR) is 117 cm³/mol. The SMILES string of the molecule is COC1C2CN(C(C)C)C(C)C2CC1N1CCC(NC(=O)c2cccc(C(F)(F)F)c2)C1=O. The second kappa shape index (κ2) is 8.91. The Morgan fingerprint density at radius 2 is 1.97 bits per heavy atom. The molecular weight excluding hydrogens is 435 g/mol. The Morgan fingerprint density at radius 1 is 1.24 bits per heavy atom. The molecular formula is C24H32F3N3O3. The number of likely N-dealkylation sites (tertiary alicyclic amines) is 2. The van der Waals surface area contributed by atoms with Gasteiger partial charge in [0.2, 0.25) is 5.91 Å². The lowest BCUT2D eigenvalue weighted by atomic mass is 9.94. The molecule has 2 heterocycles. The van der Waals surface area contributed by atoms with Gasteiger partial charge in [-0.2, -0.15) is 13.2 Å². The fraction of sp³-hybridized carbons (Fsp3) is 0.667. The van der Waals surface area contributed by atoms with Crippen LogP contribution in [0.25, 0.3) is 0 Å². The average Bonchev–Trinajstić information content (AvgIpc) is 3.40. The van der Waals surface area contributed by atoms with Crippen molar-refractivity contribution in [2.75, 3.05) is 20.2 Å². The summed E-state index contributed by atoms with van der Waals surface area (Å²) < 4.78 is 44.8. The smallest absolute Gasteiger partial charge is 0.379 e. The molecule has 0 bridgehead atoms. The van der Waals surface area contributed by atoms with Gasteiger partial charge in [0.25, 0.3) is 5.91 Å². The van der Waals surface area contributed by atoms with E-state index in [0.29, 0.717) is 36.9 Å². The number of carbonyl (C=O) groups is 2. The van der Waals surface area contributed by atoms with Crippen molar-refractivity contribution in [3.05, 3.63) is 35.4 Å². The van der Waals surface area contributed by atoms with Gasteiger partial charge in [-0.3, -0.25) is 14.5 Å². The van der Waals surface area contributed by atoms with Crippen molar-refractivity contribution < 1.29 is 27.5 Å². The van der Waals surface area contributed by atoms with Crippen molar-refractivity contribution in [1.29, 1.82) is 0 Å². The predicted octanol–water partition coefficient (Wildman–Crippen LogP) is 3.17. The number of hydrogen-bond donors (Lipinski definition) is 1. The van der Waals surface area contributed by atoms with Crippen LogP contribution in [0.1, 0.15) is 49.5 Å². The third-order valence-electron chi connectivity index (χ3n) is 7.76. The zero-order chi connectivity index (χ0) is 24.1. The lowest BCUT2D eigenvalue weighted by molar-refractivity contribution is -0.137. The van der Waals surface area contributed by atoms with Crippen LogP contribution in [0.15, 0.2) is 24.3 Å². The van der Waals surface area contributed by atoms with E-state index in [4.69, 9.17) is 4.74 Å². The Labute approximate surface area is 192 Å². The highest BCUT2D eigenvalue weighted by Crippen LogP contribution is 2.46. The van der Waals surface area contributed by atoms with Gasteiger partial charge in [-0.05, 0) is 57.7 Å². The van der Waals surface area contributed by atoms with Gasteiger partial charge in [-0.25, -0.2) is 0 Å². The number of nitrogens with one attached hydrogen (secondary N) is 1. The fourth-order valence-corrected chi connectivity index (χ4v) is 6.13. The van der Waals surface area contributed by atoms with E-state index in [9.17, 15) is 22.8 Å². The Hall–Kier alpha value is -2.13. The zero-order valence-corrected chi connectivity index (χ0v) is 19.4. The third kappa shape index (κ3) is 4.37. The summed E-state index contributed by atoms with van der Waals surface area (Å²) in [4.78, 5) is 30.1. The molecule has 2 aliphatic heterocycles. The molecule has 1 aliphatic carbocycles. The monoisotopic (exact) mass is 467 g/mol. The fourth-order valence-electron chi connectivity index (χ4n) is 6.13. The van der Waals surface area contributed by atoms with Crippen molar-refractivity contribution in [3.8, 4) is 0 Å². The van der Waals surface area contributed by atoms with Crippen LogP contribution in [-0.2, 0) is 15.7 Å². The van der Waals surface area contributed by atoms with Gasteiger partial charge in [-0.1, -0.05) is 6.07 Å². The number of carbonyl (C=O) groups excluding carboxylic acids is 2. The van der Waals surface area contributed by atoms with Crippen molar-refractivity contribution in [3.63, 3.8) is 0 Å².